The van der Waals surface area contributed by atoms with Crippen molar-refractivity contribution in [3.05, 3.63) is 12.2 Å². The predicted molar refractivity (Wildman–Crippen MR) is 109 cm³/mol. The number of aliphatic hydroxyl groups is 2. The van der Waals surface area contributed by atoms with Gasteiger partial charge in [0.15, 0.2) is 6.10 Å². The van der Waals surface area contributed by atoms with Crippen molar-refractivity contribution in [1.29, 1.82) is 0 Å². The number of carbonyl (C=O) groups is 2. The van der Waals surface area contributed by atoms with Gasteiger partial charge in [-0.1, -0.05) is 20.4 Å². The van der Waals surface area contributed by atoms with Crippen LogP contribution in [-0.2, 0) is 23.8 Å². The molecule has 172 valence electrons. The van der Waals surface area contributed by atoms with Gasteiger partial charge in [-0.3, -0.25) is 9.59 Å². The van der Waals surface area contributed by atoms with Crippen molar-refractivity contribution in [1.82, 2.24) is 0 Å². The summed E-state index contributed by atoms with van der Waals surface area (Å²) in [5, 5.41) is 23.9. The van der Waals surface area contributed by atoms with Crippen LogP contribution in [0.2, 0.25) is 0 Å². The lowest BCUT2D eigenvalue weighted by molar-refractivity contribution is -0.465. The molecule has 4 saturated carbocycles. The summed E-state index contributed by atoms with van der Waals surface area (Å²) < 4.78 is 17.9. The molecule has 6 fully saturated rings. The highest BCUT2D eigenvalue weighted by Gasteiger charge is 2.85. The van der Waals surface area contributed by atoms with Crippen molar-refractivity contribution in [3.8, 4) is 0 Å². The van der Waals surface area contributed by atoms with E-state index in [1.165, 1.54) is 13.8 Å². The maximum absolute atomic E-state index is 12.3. The molecule has 7 heteroatoms. The zero-order valence-electron chi connectivity index (χ0n) is 18.8. The first-order chi connectivity index (χ1) is 14.4. The highest BCUT2D eigenvalue weighted by Crippen LogP contribution is 2.78. The van der Waals surface area contributed by atoms with Gasteiger partial charge in [0, 0.05) is 25.2 Å². The Hall–Kier alpha value is -1.44. The van der Waals surface area contributed by atoms with Crippen LogP contribution in [0.4, 0.5) is 0 Å². The topological polar surface area (TPSA) is 102 Å². The predicted octanol–water partition coefficient (Wildman–Crippen LogP) is 2.34. The molecule has 2 saturated heterocycles. The number of carbonyl (C=O) groups excluding carboxylic acids is 2. The molecule has 2 N–H and O–H groups in total. The molecular weight excluding hydrogens is 400 g/mol. The second-order valence-electron chi connectivity index (χ2n) is 11.3. The Morgan fingerprint density at radius 2 is 1.81 bits per heavy atom. The van der Waals surface area contributed by atoms with Crippen molar-refractivity contribution in [2.45, 2.75) is 83.9 Å². The monoisotopic (exact) mass is 434 g/mol. The minimum Gasteiger partial charge on any atom is -0.457 e. The smallest absolute Gasteiger partial charge is 0.303 e. The van der Waals surface area contributed by atoms with Crippen LogP contribution >= 0.6 is 0 Å². The maximum atomic E-state index is 12.3. The SMILES string of the molecule is C=C1[C@@H]2CC[C@H]3[C@@]45COC(O)([C@@H](OC(C)=O)[C@@H]4C(C)(C)CC[C@H]5O)[C@]3(C2)[C@@H]1OC(C)=O. The lowest BCUT2D eigenvalue weighted by Gasteiger charge is -2.75. The maximum Gasteiger partial charge on any atom is 0.303 e. The number of esters is 2. The van der Waals surface area contributed by atoms with E-state index in [-0.39, 0.29) is 29.8 Å². The van der Waals surface area contributed by atoms with Gasteiger partial charge < -0.3 is 24.4 Å². The summed E-state index contributed by atoms with van der Waals surface area (Å²) in [7, 11) is 0. The number of aliphatic hydroxyl groups excluding tert-OH is 1. The molecule has 4 aliphatic carbocycles. The molecule has 2 aliphatic heterocycles. The van der Waals surface area contributed by atoms with Crippen molar-refractivity contribution in [3.63, 3.8) is 0 Å². The number of rotatable bonds is 2. The van der Waals surface area contributed by atoms with E-state index in [1.54, 1.807) is 0 Å². The number of ether oxygens (including phenoxy) is 3. The first kappa shape index (κ1) is 21.4. The van der Waals surface area contributed by atoms with E-state index >= 15 is 0 Å². The van der Waals surface area contributed by atoms with E-state index in [4.69, 9.17) is 14.2 Å². The highest BCUT2D eigenvalue weighted by atomic mass is 16.7. The summed E-state index contributed by atoms with van der Waals surface area (Å²) in [5.41, 5.74) is -1.17. The van der Waals surface area contributed by atoms with E-state index in [1.807, 2.05) is 0 Å². The van der Waals surface area contributed by atoms with Crippen LogP contribution < -0.4 is 0 Å². The molecule has 1 unspecified atom stereocenters. The van der Waals surface area contributed by atoms with Gasteiger partial charge in [-0.2, -0.15) is 0 Å². The molecule has 31 heavy (non-hydrogen) atoms. The summed E-state index contributed by atoms with van der Waals surface area (Å²) in [6, 6.07) is 0. The van der Waals surface area contributed by atoms with Crippen molar-refractivity contribution >= 4 is 11.9 Å². The van der Waals surface area contributed by atoms with Crippen molar-refractivity contribution in [2.24, 2.45) is 34.0 Å². The van der Waals surface area contributed by atoms with Crippen LogP contribution in [0.5, 0.6) is 0 Å². The van der Waals surface area contributed by atoms with Gasteiger partial charge in [0.25, 0.3) is 0 Å². The summed E-state index contributed by atoms with van der Waals surface area (Å²) in [6.45, 7) is 11.4. The Morgan fingerprint density at radius 3 is 2.45 bits per heavy atom. The second kappa shape index (κ2) is 6.33. The van der Waals surface area contributed by atoms with Crippen LogP contribution in [0.25, 0.3) is 0 Å². The Morgan fingerprint density at radius 1 is 1.13 bits per heavy atom. The molecule has 0 aromatic heterocycles. The summed E-state index contributed by atoms with van der Waals surface area (Å²) in [4.78, 5) is 24.3. The highest BCUT2D eigenvalue weighted by molar-refractivity contribution is 5.67. The second-order valence-corrected chi connectivity index (χ2v) is 11.3. The van der Waals surface area contributed by atoms with E-state index in [9.17, 15) is 19.8 Å². The summed E-state index contributed by atoms with van der Waals surface area (Å²) in [5.74, 6) is -3.08. The number of fused-ring (bicyclic) bond motifs is 2. The van der Waals surface area contributed by atoms with Gasteiger partial charge in [0.05, 0.1) is 18.1 Å². The first-order valence-corrected chi connectivity index (χ1v) is 11.5. The molecule has 7 nitrogen and oxygen atoms in total. The fourth-order valence-electron chi connectivity index (χ4n) is 8.67. The van der Waals surface area contributed by atoms with Gasteiger partial charge in [0.2, 0.25) is 5.79 Å². The summed E-state index contributed by atoms with van der Waals surface area (Å²) >= 11 is 0. The number of hydrogen-bond acceptors (Lipinski definition) is 7. The molecule has 2 spiro atoms. The fraction of sp³-hybridized carbons (Fsp3) is 0.833. The quantitative estimate of drug-likeness (QED) is 0.508. The van der Waals surface area contributed by atoms with E-state index in [2.05, 4.69) is 20.4 Å². The minimum absolute atomic E-state index is 0.0918. The standard InChI is InChI=1S/C24H34O7/c1-12-15-6-7-16-22-11-29-24(28,23(16,10-15)19(12)30-13(2)25)20(31-14(3)26)18(22)21(4,5)9-8-17(22)27/h15-20,27-28H,1,6-11H2,2-5H3/t15-,16+,17-,18-,19-,20+,22-,23+,24?/m1/s1. The lowest BCUT2D eigenvalue weighted by Crippen LogP contribution is -2.84. The third-order valence-electron chi connectivity index (χ3n) is 9.57. The molecule has 0 radical (unpaired) electrons. The third-order valence-corrected chi connectivity index (χ3v) is 9.57. The largest absolute Gasteiger partial charge is 0.457 e. The van der Waals surface area contributed by atoms with Crippen molar-refractivity contribution < 1.29 is 34.0 Å². The van der Waals surface area contributed by atoms with Crippen molar-refractivity contribution in [2.75, 3.05) is 6.61 Å². The van der Waals surface area contributed by atoms with Gasteiger partial charge >= 0.3 is 11.9 Å². The normalized spacial score (nSPS) is 51.6. The zero-order chi connectivity index (χ0) is 22.6. The lowest BCUT2D eigenvalue weighted by atomic mass is 9.36. The molecule has 0 aromatic rings. The van der Waals surface area contributed by atoms with Gasteiger partial charge in [0.1, 0.15) is 6.10 Å². The third kappa shape index (κ3) is 2.35. The molecule has 0 amide bonds. The van der Waals surface area contributed by atoms with E-state index in [0.717, 1.165) is 24.8 Å². The molecular formula is C24H34O7. The first-order valence-electron chi connectivity index (χ1n) is 11.5. The average molecular weight is 435 g/mol. The fourth-order valence-corrected chi connectivity index (χ4v) is 8.67. The molecule has 2 heterocycles. The Kier molecular flexibility index (Phi) is 4.37. The number of hydrogen-bond donors (Lipinski definition) is 2. The zero-order valence-corrected chi connectivity index (χ0v) is 18.8. The minimum atomic E-state index is -1.82. The van der Waals surface area contributed by atoms with Crippen LogP contribution in [0.1, 0.15) is 59.8 Å². The van der Waals surface area contributed by atoms with E-state index < -0.39 is 46.9 Å². The molecule has 4 bridgehead atoms. The van der Waals surface area contributed by atoms with Gasteiger partial charge in [-0.05, 0) is 54.9 Å². The average Bonchev–Trinajstić information content (AvgIpc) is 2.87. The van der Waals surface area contributed by atoms with Gasteiger partial charge in [-0.25, -0.2) is 0 Å². The Bertz CT molecular complexity index is 851. The van der Waals surface area contributed by atoms with Crippen LogP contribution in [0, 0.1) is 34.0 Å². The van der Waals surface area contributed by atoms with E-state index in [0.29, 0.717) is 12.8 Å². The Balaban J connectivity index is 1.77. The molecule has 6 rings (SSSR count). The van der Waals surface area contributed by atoms with Crippen LogP contribution in [-0.4, -0.2) is 52.9 Å². The van der Waals surface area contributed by atoms with Gasteiger partial charge in [-0.15, -0.1) is 0 Å². The Labute approximate surface area is 183 Å². The molecule has 6 aliphatic rings. The summed E-state index contributed by atoms with van der Waals surface area (Å²) in [6.07, 6.45) is 1.24. The van der Waals surface area contributed by atoms with Crippen LogP contribution in [0.15, 0.2) is 12.2 Å². The molecule has 0 aromatic carbocycles. The van der Waals surface area contributed by atoms with Crippen LogP contribution in [0.3, 0.4) is 0 Å². The molecule has 9 atom stereocenters.